The minimum atomic E-state index is -0.493. The number of rotatable bonds is 3. The molecule has 0 amide bonds. The van der Waals surface area contributed by atoms with Gasteiger partial charge in [-0.2, -0.15) is 0 Å². The maximum atomic E-state index is 13.3. The molecule has 0 spiro atoms. The molecule has 1 aromatic rings. The summed E-state index contributed by atoms with van der Waals surface area (Å²) < 4.78 is 26.2. The minimum absolute atomic E-state index is 0.0221. The normalized spacial score (nSPS) is 16.6. The zero-order valence-electron chi connectivity index (χ0n) is 9.01. The summed E-state index contributed by atoms with van der Waals surface area (Å²) in [4.78, 5) is 11.8. The molecule has 1 aliphatic carbocycles. The molecule has 1 saturated carbocycles. The van der Waals surface area contributed by atoms with Crippen LogP contribution in [-0.4, -0.2) is 5.78 Å². The first-order valence-corrected chi connectivity index (χ1v) is 5.63. The van der Waals surface area contributed by atoms with Crippen LogP contribution in [0.5, 0.6) is 0 Å². The van der Waals surface area contributed by atoms with Crippen LogP contribution in [0.15, 0.2) is 18.2 Å². The number of hydrogen-bond acceptors (Lipinski definition) is 1. The third kappa shape index (κ3) is 2.46. The largest absolute Gasteiger partial charge is 0.299 e. The highest BCUT2D eigenvalue weighted by atomic mass is 19.1. The smallest absolute Gasteiger partial charge is 0.140 e. The molecule has 3 heteroatoms. The average molecular weight is 224 g/mol. The number of benzene rings is 1. The van der Waals surface area contributed by atoms with Crippen molar-refractivity contribution in [2.75, 3.05) is 0 Å². The minimum Gasteiger partial charge on any atom is -0.299 e. The van der Waals surface area contributed by atoms with E-state index in [1.54, 1.807) is 0 Å². The van der Waals surface area contributed by atoms with Gasteiger partial charge in [-0.05, 0) is 36.6 Å². The zero-order valence-corrected chi connectivity index (χ0v) is 9.01. The lowest BCUT2D eigenvalue weighted by Gasteiger charge is -2.08. The number of hydrogen-bond donors (Lipinski definition) is 0. The maximum Gasteiger partial charge on any atom is 0.140 e. The van der Waals surface area contributed by atoms with Gasteiger partial charge in [0.15, 0.2) is 0 Å². The SMILES string of the molecule is O=C(Cc1cc(F)ccc1F)C1CCCC1. The maximum absolute atomic E-state index is 13.3. The molecule has 1 aliphatic rings. The van der Waals surface area contributed by atoms with Crippen molar-refractivity contribution in [3.8, 4) is 0 Å². The van der Waals surface area contributed by atoms with Crippen LogP contribution in [0.4, 0.5) is 8.78 Å². The zero-order chi connectivity index (χ0) is 11.5. The van der Waals surface area contributed by atoms with Crippen molar-refractivity contribution in [1.82, 2.24) is 0 Å². The highest BCUT2D eigenvalue weighted by molar-refractivity contribution is 5.83. The quantitative estimate of drug-likeness (QED) is 0.770. The van der Waals surface area contributed by atoms with Gasteiger partial charge in [0.05, 0.1) is 0 Å². The Morgan fingerprint density at radius 3 is 2.62 bits per heavy atom. The van der Waals surface area contributed by atoms with Gasteiger partial charge in [-0.15, -0.1) is 0 Å². The van der Waals surface area contributed by atoms with Crippen LogP contribution in [0, 0.1) is 17.6 Å². The molecule has 86 valence electrons. The van der Waals surface area contributed by atoms with E-state index < -0.39 is 11.6 Å². The Morgan fingerprint density at radius 1 is 1.25 bits per heavy atom. The molecule has 0 saturated heterocycles. The second-order valence-corrected chi connectivity index (χ2v) is 4.36. The molecule has 0 aliphatic heterocycles. The van der Waals surface area contributed by atoms with Gasteiger partial charge in [0.25, 0.3) is 0 Å². The van der Waals surface area contributed by atoms with Crippen LogP contribution in [0.2, 0.25) is 0 Å². The summed E-state index contributed by atoms with van der Waals surface area (Å²) in [7, 11) is 0. The number of Topliss-reactive ketones (excluding diaryl/α,β-unsaturated/α-hetero) is 1. The Hall–Kier alpha value is -1.25. The third-order valence-corrected chi connectivity index (χ3v) is 3.18. The molecule has 0 aromatic heterocycles. The van der Waals surface area contributed by atoms with E-state index in [0.717, 1.165) is 43.9 Å². The van der Waals surface area contributed by atoms with Crippen LogP contribution < -0.4 is 0 Å². The molecule has 0 bridgehead atoms. The molecule has 0 unspecified atom stereocenters. The molecule has 0 heterocycles. The van der Waals surface area contributed by atoms with E-state index in [4.69, 9.17) is 0 Å². The third-order valence-electron chi connectivity index (χ3n) is 3.18. The van der Waals surface area contributed by atoms with Crippen LogP contribution in [-0.2, 0) is 11.2 Å². The summed E-state index contributed by atoms with van der Waals surface area (Å²) in [5.41, 5.74) is 0.178. The van der Waals surface area contributed by atoms with E-state index in [0.29, 0.717) is 0 Å². The lowest BCUT2D eigenvalue weighted by Crippen LogP contribution is -2.14. The van der Waals surface area contributed by atoms with E-state index in [-0.39, 0.29) is 23.7 Å². The molecule has 16 heavy (non-hydrogen) atoms. The molecular formula is C13H14F2O. The second kappa shape index (κ2) is 4.73. The Morgan fingerprint density at radius 2 is 1.94 bits per heavy atom. The van der Waals surface area contributed by atoms with Crippen LogP contribution in [0.1, 0.15) is 31.2 Å². The van der Waals surface area contributed by atoms with Crippen molar-refractivity contribution < 1.29 is 13.6 Å². The average Bonchev–Trinajstić information content (AvgIpc) is 2.76. The van der Waals surface area contributed by atoms with Gasteiger partial charge in [-0.1, -0.05) is 12.8 Å². The number of halogens is 2. The first kappa shape index (κ1) is 11.2. The summed E-state index contributed by atoms with van der Waals surface area (Å²) in [6.45, 7) is 0. The fraction of sp³-hybridized carbons (Fsp3) is 0.462. The summed E-state index contributed by atoms with van der Waals surface area (Å²) in [6.07, 6.45) is 3.96. The lowest BCUT2D eigenvalue weighted by molar-refractivity contribution is -0.122. The Labute approximate surface area is 93.5 Å². The van der Waals surface area contributed by atoms with Gasteiger partial charge in [0, 0.05) is 12.3 Å². The van der Waals surface area contributed by atoms with Crippen LogP contribution in [0.25, 0.3) is 0 Å². The number of carbonyl (C=O) groups excluding carboxylic acids is 1. The summed E-state index contributed by atoms with van der Waals surface area (Å²) in [6, 6.07) is 3.26. The Bertz CT molecular complexity index is 395. The summed E-state index contributed by atoms with van der Waals surface area (Å²) >= 11 is 0. The molecule has 1 fully saturated rings. The van der Waals surface area contributed by atoms with E-state index >= 15 is 0 Å². The van der Waals surface area contributed by atoms with E-state index in [9.17, 15) is 13.6 Å². The van der Waals surface area contributed by atoms with Crippen molar-refractivity contribution in [2.45, 2.75) is 32.1 Å². The Kier molecular flexibility index (Phi) is 3.32. The predicted octanol–water partition coefficient (Wildman–Crippen LogP) is 3.27. The topological polar surface area (TPSA) is 17.1 Å². The monoisotopic (exact) mass is 224 g/mol. The van der Waals surface area contributed by atoms with Gasteiger partial charge in [0.2, 0.25) is 0 Å². The fourth-order valence-corrected chi connectivity index (χ4v) is 2.26. The van der Waals surface area contributed by atoms with Crippen molar-refractivity contribution in [1.29, 1.82) is 0 Å². The standard InChI is InChI=1S/C13H14F2O/c14-11-5-6-12(15)10(7-11)8-13(16)9-3-1-2-4-9/h5-7,9H,1-4,8H2. The van der Waals surface area contributed by atoms with E-state index in [2.05, 4.69) is 0 Å². The molecule has 1 aromatic carbocycles. The van der Waals surface area contributed by atoms with Crippen molar-refractivity contribution in [3.63, 3.8) is 0 Å². The first-order valence-electron chi connectivity index (χ1n) is 5.63. The molecule has 2 rings (SSSR count). The lowest BCUT2D eigenvalue weighted by atomic mass is 9.96. The summed E-state index contributed by atoms with van der Waals surface area (Å²) in [5.74, 6) is -0.881. The van der Waals surface area contributed by atoms with Gasteiger partial charge in [0.1, 0.15) is 17.4 Å². The fourth-order valence-electron chi connectivity index (χ4n) is 2.26. The van der Waals surface area contributed by atoms with Crippen molar-refractivity contribution in [2.24, 2.45) is 5.92 Å². The van der Waals surface area contributed by atoms with E-state index in [1.807, 2.05) is 0 Å². The highest BCUT2D eigenvalue weighted by Crippen LogP contribution is 2.27. The second-order valence-electron chi connectivity index (χ2n) is 4.36. The van der Waals surface area contributed by atoms with Crippen molar-refractivity contribution >= 4 is 5.78 Å². The van der Waals surface area contributed by atoms with Crippen LogP contribution >= 0.6 is 0 Å². The molecule has 0 atom stereocenters. The molecule has 0 radical (unpaired) electrons. The molecular weight excluding hydrogens is 210 g/mol. The summed E-state index contributed by atoms with van der Waals surface area (Å²) in [5, 5.41) is 0. The van der Waals surface area contributed by atoms with Gasteiger partial charge in [-0.3, -0.25) is 4.79 Å². The van der Waals surface area contributed by atoms with Gasteiger partial charge in [-0.25, -0.2) is 8.78 Å². The Balaban J connectivity index is 2.07. The van der Waals surface area contributed by atoms with Crippen molar-refractivity contribution in [3.05, 3.63) is 35.4 Å². The predicted molar refractivity (Wildman–Crippen MR) is 57.0 cm³/mol. The molecule has 0 N–H and O–H groups in total. The number of carbonyl (C=O) groups is 1. The first-order chi connectivity index (χ1) is 7.66. The highest BCUT2D eigenvalue weighted by Gasteiger charge is 2.23. The van der Waals surface area contributed by atoms with Crippen LogP contribution in [0.3, 0.4) is 0 Å². The molecule has 1 nitrogen and oxygen atoms in total. The van der Waals surface area contributed by atoms with Gasteiger partial charge >= 0.3 is 0 Å². The number of ketones is 1. The van der Waals surface area contributed by atoms with E-state index in [1.165, 1.54) is 0 Å². The van der Waals surface area contributed by atoms with Gasteiger partial charge < -0.3 is 0 Å².